The highest BCUT2D eigenvalue weighted by molar-refractivity contribution is 7.99. The predicted octanol–water partition coefficient (Wildman–Crippen LogP) is 3.56. The molecule has 0 aliphatic carbocycles. The summed E-state index contributed by atoms with van der Waals surface area (Å²) in [5.74, 6) is -0.627. The molecule has 1 aromatic carbocycles. The van der Waals surface area contributed by atoms with Gasteiger partial charge in [0.15, 0.2) is 15.9 Å². The molecule has 4 rings (SSSR count). The fourth-order valence-electron chi connectivity index (χ4n) is 3.27. The summed E-state index contributed by atoms with van der Waals surface area (Å²) < 4.78 is 15.6. The minimum atomic E-state index is -0.372. The number of aryl methyl sites for hydroxylation is 1. The summed E-state index contributed by atoms with van der Waals surface area (Å²) >= 11 is 2.53. The van der Waals surface area contributed by atoms with Gasteiger partial charge in [0, 0.05) is 25.8 Å². The number of rotatable bonds is 5. The van der Waals surface area contributed by atoms with E-state index < -0.39 is 0 Å². The third-order valence-corrected chi connectivity index (χ3v) is 7.12. The molecule has 2 aromatic heterocycles. The van der Waals surface area contributed by atoms with Gasteiger partial charge in [-0.25, -0.2) is 9.37 Å². The number of anilines is 2. The molecule has 30 heavy (non-hydrogen) atoms. The number of halogens is 1. The molecule has 1 fully saturated rings. The Hall–Kier alpha value is -2.46. The van der Waals surface area contributed by atoms with Gasteiger partial charge in [-0.2, -0.15) is 4.98 Å². The van der Waals surface area contributed by atoms with Crippen LogP contribution in [0.4, 0.5) is 15.2 Å². The van der Waals surface area contributed by atoms with Crippen LogP contribution >= 0.6 is 23.1 Å². The van der Waals surface area contributed by atoms with Crippen LogP contribution in [0.1, 0.15) is 24.8 Å². The van der Waals surface area contributed by atoms with Gasteiger partial charge < -0.3 is 10.2 Å². The molecule has 158 valence electrons. The number of thiazole rings is 1. The van der Waals surface area contributed by atoms with E-state index in [4.69, 9.17) is 0 Å². The van der Waals surface area contributed by atoms with Crippen LogP contribution in [0.2, 0.25) is 0 Å². The van der Waals surface area contributed by atoms with Crippen molar-refractivity contribution in [2.75, 3.05) is 29.1 Å². The zero-order valence-corrected chi connectivity index (χ0v) is 18.4. The number of fused-ring (bicyclic) bond motifs is 1. The quantitative estimate of drug-likeness (QED) is 0.476. The van der Waals surface area contributed by atoms with Crippen LogP contribution in [0.25, 0.3) is 10.3 Å². The highest BCUT2D eigenvalue weighted by Crippen LogP contribution is 2.29. The number of benzene rings is 1. The second kappa shape index (κ2) is 8.73. The van der Waals surface area contributed by atoms with Crippen molar-refractivity contribution in [3.05, 3.63) is 39.9 Å². The van der Waals surface area contributed by atoms with Crippen LogP contribution in [0.5, 0.6) is 0 Å². The smallest absolute Gasteiger partial charge is 0.273 e. The molecule has 0 spiro atoms. The largest absolute Gasteiger partial charge is 0.348 e. The first kappa shape index (κ1) is 20.8. The molecule has 1 aliphatic rings. The molecule has 10 heteroatoms. The Morgan fingerprint density at radius 1 is 1.27 bits per heavy atom. The van der Waals surface area contributed by atoms with Gasteiger partial charge in [0.05, 0.1) is 5.75 Å². The van der Waals surface area contributed by atoms with Gasteiger partial charge in [-0.1, -0.05) is 29.2 Å². The maximum absolute atomic E-state index is 13.6. The summed E-state index contributed by atoms with van der Waals surface area (Å²) in [4.78, 5) is 36.3. The summed E-state index contributed by atoms with van der Waals surface area (Å²) in [5, 5.41) is 3.92. The number of aromatic nitrogens is 3. The zero-order valence-electron chi connectivity index (χ0n) is 16.8. The van der Waals surface area contributed by atoms with E-state index in [0.29, 0.717) is 26.8 Å². The summed E-state index contributed by atoms with van der Waals surface area (Å²) in [5.41, 5.74) is 1.17. The predicted molar refractivity (Wildman–Crippen MR) is 119 cm³/mol. The summed E-state index contributed by atoms with van der Waals surface area (Å²) in [6.07, 6.45) is 3.48. The third-order valence-electron chi connectivity index (χ3n) is 5.00. The van der Waals surface area contributed by atoms with Crippen molar-refractivity contribution < 1.29 is 9.18 Å². The van der Waals surface area contributed by atoms with E-state index in [1.54, 1.807) is 26.1 Å². The molecule has 0 unspecified atom stereocenters. The molecule has 0 atom stereocenters. The highest BCUT2D eigenvalue weighted by Gasteiger charge is 2.19. The van der Waals surface area contributed by atoms with Crippen molar-refractivity contribution in [1.82, 2.24) is 14.5 Å². The van der Waals surface area contributed by atoms with Crippen LogP contribution in [-0.4, -0.2) is 39.3 Å². The summed E-state index contributed by atoms with van der Waals surface area (Å²) in [7, 11) is 1.64. The lowest BCUT2D eigenvalue weighted by molar-refractivity contribution is -0.113. The van der Waals surface area contributed by atoms with Gasteiger partial charge >= 0.3 is 0 Å². The van der Waals surface area contributed by atoms with Crippen LogP contribution in [0, 0.1) is 12.7 Å². The van der Waals surface area contributed by atoms with Crippen molar-refractivity contribution in [3.8, 4) is 0 Å². The number of carbonyl (C=O) groups is 1. The second-order valence-corrected chi connectivity index (χ2v) is 9.18. The lowest BCUT2D eigenvalue weighted by Crippen LogP contribution is -2.29. The first-order chi connectivity index (χ1) is 14.4. The Morgan fingerprint density at radius 3 is 2.77 bits per heavy atom. The van der Waals surface area contributed by atoms with Crippen molar-refractivity contribution in [3.63, 3.8) is 0 Å². The molecule has 0 saturated carbocycles. The molecule has 3 aromatic rings. The number of hydrogen-bond donors (Lipinski definition) is 1. The summed E-state index contributed by atoms with van der Waals surface area (Å²) in [6, 6.07) is 4.55. The number of carbonyl (C=O) groups excluding carboxylic acids is 1. The average molecular weight is 448 g/mol. The number of piperidine rings is 1. The van der Waals surface area contributed by atoms with Gasteiger partial charge in [-0.05, 0) is 43.9 Å². The molecular formula is C20H22FN5O2S2. The number of nitrogens with zero attached hydrogens (tertiary/aromatic N) is 4. The molecule has 1 aliphatic heterocycles. The van der Waals surface area contributed by atoms with Crippen molar-refractivity contribution >= 4 is 50.2 Å². The van der Waals surface area contributed by atoms with Crippen LogP contribution in [0.15, 0.2) is 28.2 Å². The number of nitrogens with one attached hydrogen (secondary N) is 1. The molecule has 3 heterocycles. The third kappa shape index (κ3) is 4.34. The van der Waals surface area contributed by atoms with Gasteiger partial charge in [-0.15, -0.1) is 0 Å². The lowest BCUT2D eigenvalue weighted by atomic mass is 10.1. The highest BCUT2D eigenvalue weighted by atomic mass is 32.2. The maximum Gasteiger partial charge on any atom is 0.273 e. The maximum atomic E-state index is 13.6. The minimum Gasteiger partial charge on any atom is -0.348 e. The van der Waals surface area contributed by atoms with Gasteiger partial charge in [-0.3, -0.25) is 14.2 Å². The van der Waals surface area contributed by atoms with E-state index in [0.717, 1.165) is 42.8 Å². The van der Waals surface area contributed by atoms with Crippen LogP contribution in [-0.2, 0) is 11.8 Å². The van der Waals surface area contributed by atoms with E-state index in [1.807, 2.05) is 0 Å². The monoisotopic (exact) mass is 447 g/mol. The van der Waals surface area contributed by atoms with Crippen molar-refractivity contribution in [2.45, 2.75) is 31.3 Å². The molecule has 7 nitrogen and oxygen atoms in total. The molecular weight excluding hydrogens is 425 g/mol. The van der Waals surface area contributed by atoms with Crippen LogP contribution < -0.4 is 15.8 Å². The minimum absolute atomic E-state index is 0.0460. The topological polar surface area (TPSA) is 80.1 Å². The van der Waals surface area contributed by atoms with E-state index >= 15 is 0 Å². The van der Waals surface area contributed by atoms with E-state index in [2.05, 4.69) is 20.2 Å². The van der Waals surface area contributed by atoms with E-state index in [-0.39, 0.29) is 23.0 Å². The molecule has 1 saturated heterocycles. The first-order valence-electron chi connectivity index (χ1n) is 9.73. The summed E-state index contributed by atoms with van der Waals surface area (Å²) in [6.45, 7) is 3.55. The second-order valence-electron chi connectivity index (χ2n) is 7.26. The Kier molecular flexibility index (Phi) is 6.05. The zero-order chi connectivity index (χ0) is 21.3. The molecule has 1 amide bonds. The molecule has 1 N–H and O–H groups in total. The number of hydrogen-bond acceptors (Lipinski definition) is 7. The molecule has 0 radical (unpaired) electrons. The Labute approximate surface area is 181 Å². The van der Waals surface area contributed by atoms with Crippen LogP contribution in [0.3, 0.4) is 0 Å². The Balaban J connectivity index is 1.49. The van der Waals surface area contributed by atoms with Gasteiger partial charge in [0.25, 0.3) is 5.56 Å². The average Bonchev–Trinajstić information content (AvgIpc) is 3.17. The van der Waals surface area contributed by atoms with Crippen molar-refractivity contribution in [2.24, 2.45) is 7.05 Å². The Bertz CT molecular complexity index is 1150. The lowest BCUT2D eigenvalue weighted by Gasteiger charge is -2.25. The first-order valence-corrected chi connectivity index (χ1v) is 11.5. The molecule has 0 bridgehead atoms. The normalized spacial score (nSPS) is 14.3. The Morgan fingerprint density at radius 2 is 2.03 bits per heavy atom. The van der Waals surface area contributed by atoms with Gasteiger partial charge in [0.1, 0.15) is 10.5 Å². The fraction of sp³-hybridized carbons (Fsp3) is 0.400. The van der Waals surface area contributed by atoms with Crippen molar-refractivity contribution in [1.29, 1.82) is 0 Å². The fourth-order valence-corrected chi connectivity index (χ4v) is 5.06. The van der Waals surface area contributed by atoms with Gasteiger partial charge in [0.2, 0.25) is 5.91 Å². The van der Waals surface area contributed by atoms with E-state index in [1.165, 1.54) is 28.4 Å². The number of thioether (sulfide) groups is 1. The standard InChI is InChI=1S/C20H22FN5O2S2/c1-12-6-7-13(10-14(12)21)22-15(27)11-29-19-23-17-16(18(28)25(19)2)30-20(24-17)26-8-4-3-5-9-26/h6-7,10H,3-5,8-9,11H2,1-2H3,(H,22,27). The number of amides is 1. The van der Waals surface area contributed by atoms with E-state index in [9.17, 15) is 14.0 Å². The SMILES string of the molecule is Cc1ccc(NC(=O)CSc2nc3nc(N4CCCCC4)sc3c(=O)n2C)cc1F.